The molecular weight excluding hydrogens is 340 g/mol. The molecule has 3 aliphatic rings. The maximum atomic E-state index is 12.5. The molecule has 0 radical (unpaired) electrons. The van der Waals surface area contributed by atoms with E-state index >= 15 is 0 Å². The van der Waals surface area contributed by atoms with Crippen molar-refractivity contribution in [3.8, 4) is 11.5 Å². The molecule has 0 aromatic heterocycles. The number of nitrogens with one attached hydrogen (secondary N) is 1. The second-order valence-electron chi connectivity index (χ2n) is 7.01. The van der Waals surface area contributed by atoms with Crippen molar-refractivity contribution in [2.24, 2.45) is 11.3 Å². The number of carboxylic acid groups (broad SMARTS) is 1. The summed E-state index contributed by atoms with van der Waals surface area (Å²) >= 11 is 0. The second-order valence-corrected chi connectivity index (χ2v) is 7.01. The van der Waals surface area contributed by atoms with E-state index in [0.717, 1.165) is 0 Å². The van der Waals surface area contributed by atoms with Gasteiger partial charge in [0.25, 0.3) is 0 Å². The van der Waals surface area contributed by atoms with Crippen molar-refractivity contribution in [2.45, 2.75) is 25.7 Å². The van der Waals surface area contributed by atoms with Crippen LogP contribution in [0.2, 0.25) is 0 Å². The van der Waals surface area contributed by atoms with Crippen molar-refractivity contribution in [3.63, 3.8) is 0 Å². The number of fused-ring (bicyclic) bond motifs is 1. The molecule has 4 rings (SSSR count). The first-order valence-corrected chi connectivity index (χ1v) is 8.73. The number of carbonyl (C=O) groups is 3. The highest BCUT2D eigenvalue weighted by molar-refractivity contribution is 6.05. The van der Waals surface area contributed by atoms with Gasteiger partial charge >= 0.3 is 5.97 Å². The summed E-state index contributed by atoms with van der Waals surface area (Å²) in [6.45, 7) is 0.997. The molecule has 1 aromatic rings. The molecule has 26 heavy (non-hydrogen) atoms. The van der Waals surface area contributed by atoms with E-state index in [1.54, 1.807) is 23.1 Å². The normalized spacial score (nSPS) is 20.5. The fourth-order valence-corrected chi connectivity index (χ4v) is 3.51. The molecule has 1 aromatic carbocycles. The molecule has 2 amide bonds. The van der Waals surface area contributed by atoms with Gasteiger partial charge in [0.15, 0.2) is 11.5 Å². The van der Waals surface area contributed by atoms with Crippen LogP contribution in [0.15, 0.2) is 18.2 Å². The van der Waals surface area contributed by atoms with E-state index in [-0.39, 0.29) is 24.5 Å². The molecule has 1 saturated heterocycles. The number of piperidine rings is 1. The van der Waals surface area contributed by atoms with E-state index in [0.29, 0.717) is 56.0 Å². The topological polar surface area (TPSA) is 105 Å². The maximum Gasteiger partial charge on any atom is 0.319 e. The van der Waals surface area contributed by atoms with E-state index in [1.165, 1.54) is 0 Å². The first kappa shape index (κ1) is 16.7. The molecule has 2 aliphatic heterocycles. The van der Waals surface area contributed by atoms with Crippen LogP contribution >= 0.6 is 0 Å². The fourth-order valence-electron chi connectivity index (χ4n) is 3.51. The van der Waals surface area contributed by atoms with E-state index in [4.69, 9.17) is 9.47 Å². The second kappa shape index (κ2) is 6.19. The average Bonchev–Trinajstić information content (AvgIpc) is 3.33. The lowest BCUT2D eigenvalue weighted by molar-refractivity contribution is -0.154. The summed E-state index contributed by atoms with van der Waals surface area (Å²) in [7, 11) is 0. The van der Waals surface area contributed by atoms with Gasteiger partial charge in [0.1, 0.15) is 5.41 Å². The number of amides is 2. The molecule has 0 spiro atoms. The summed E-state index contributed by atoms with van der Waals surface area (Å²) < 4.78 is 10.5. The Balaban J connectivity index is 1.32. The highest BCUT2D eigenvalue weighted by Gasteiger charge is 2.58. The minimum atomic E-state index is -1.21. The van der Waals surface area contributed by atoms with Gasteiger partial charge in [0, 0.05) is 30.8 Å². The van der Waals surface area contributed by atoms with Crippen LogP contribution in [0.3, 0.4) is 0 Å². The number of benzene rings is 1. The zero-order valence-corrected chi connectivity index (χ0v) is 14.2. The van der Waals surface area contributed by atoms with Gasteiger partial charge in [0.05, 0.1) is 0 Å². The lowest BCUT2D eigenvalue weighted by Crippen LogP contribution is -2.46. The number of aliphatic carboxylic acids is 1. The monoisotopic (exact) mass is 360 g/mol. The molecule has 1 aliphatic carbocycles. The van der Waals surface area contributed by atoms with Crippen LogP contribution in [0.1, 0.15) is 25.7 Å². The van der Waals surface area contributed by atoms with Gasteiger partial charge < -0.3 is 24.8 Å². The van der Waals surface area contributed by atoms with Crippen molar-refractivity contribution < 1.29 is 29.0 Å². The lowest BCUT2D eigenvalue weighted by atomic mass is 9.94. The zero-order valence-electron chi connectivity index (χ0n) is 14.2. The number of carbonyl (C=O) groups excluding carboxylic acids is 2. The van der Waals surface area contributed by atoms with Gasteiger partial charge in [-0.05, 0) is 37.8 Å². The van der Waals surface area contributed by atoms with Gasteiger partial charge in [-0.3, -0.25) is 14.4 Å². The van der Waals surface area contributed by atoms with Crippen LogP contribution in [0.25, 0.3) is 0 Å². The Morgan fingerprint density at radius 1 is 1.12 bits per heavy atom. The molecular formula is C18H20N2O6. The van der Waals surface area contributed by atoms with Gasteiger partial charge in [0.2, 0.25) is 18.6 Å². The fraction of sp³-hybridized carbons (Fsp3) is 0.500. The quantitative estimate of drug-likeness (QED) is 0.788. The summed E-state index contributed by atoms with van der Waals surface area (Å²) in [6.07, 6.45) is 1.87. The Labute approximate surface area is 150 Å². The summed E-state index contributed by atoms with van der Waals surface area (Å²) in [5, 5.41) is 12.1. The maximum absolute atomic E-state index is 12.5. The van der Waals surface area contributed by atoms with E-state index < -0.39 is 11.4 Å². The molecule has 8 heteroatoms. The predicted molar refractivity (Wildman–Crippen MR) is 89.8 cm³/mol. The number of carboxylic acids is 1. The number of anilines is 1. The Kier molecular flexibility index (Phi) is 3.97. The average molecular weight is 360 g/mol. The molecule has 2 heterocycles. The largest absolute Gasteiger partial charge is 0.480 e. The number of hydrogen-bond acceptors (Lipinski definition) is 5. The van der Waals surface area contributed by atoms with E-state index in [9.17, 15) is 19.5 Å². The Hall–Kier alpha value is -2.77. The molecule has 2 fully saturated rings. The van der Waals surface area contributed by atoms with Crippen molar-refractivity contribution in [1.29, 1.82) is 0 Å². The van der Waals surface area contributed by atoms with Crippen LogP contribution < -0.4 is 14.8 Å². The number of likely N-dealkylation sites (tertiary alicyclic amines) is 1. The van der Waals surface area contributed by atoms with Crippen LogP contribution in [0.4, 0.5) is 5.69 Å². The molecule has 1 saturated carbocycles. The lowest BCUT2D eigenvalue weighted by Gasteiger charge is -2.33. The van der Waals surface area contributed by atoms with Crippen molar-refractivity contribution in [3.05, 3.63) is 18.2 Å². The van der Waals surface area contributed by atoms with Crippen molar-refractivity contribution >= 4 is 23.5 Å². The molecule has 8 nitrogen and oxygen atoms in total. The van der Waals surface area contributed by atoms with Crippen LogP contribution in [0.5, 0.6) is 11.5 Å². The first-order valence-electron chi connectivity index (χ1n) is 8.73. The number of ether oxygens (including phenoxy) is 2. The SMILES string of the molecule is O=C(Nc1ccc2c(c1)OCO2)C1CCN(C(=O)C2(C(=O)O)CC2)CC1. The minimum absolute atomic E-state index is 0.102. The zero-order chi connectivity index (χ0) is 18.3. The Morgan fingerprint density at radius 3 is 2.46 bits per heavy atom. The summed E-state index contributed by atoms with van der Waals surface area (Å²) in [6, 6.07) is 5.23. The summed E-state index contributed by atoms with van der Waals surface area (Å²) in [4.78, 5) is 37.8. The molecule has 0 bridgehead atoms. The highest BCUT2D eigenvalue weighted by Crippen LogP contribution is 2.48. The molecule has 138 valence electrons. The number of rotatable bonds is 4. The summed E-state index contributed by atoms with van der Waals surface area (Å²) in [5.41, 5.74) is -0.567. The Bertz CT molecular complexity index is 765. The van der Waals surface area contributed by atoms with E-state index in [1.807, 2.05) is 0 Å². The molecule has 0 unspecified atom stereocenters. The third kappa shape index (κ3) is 2.85. The smallest absolute Gasteiger partial charge is 0.319 e. The first-order chi connectivity index (χ1) is 12.5. The highest BCUT2D eigenvalue weighted by atomic mass is 16.7. The van der Waals surface area contributed by atoms with Crippen molar-refractivity contribution in [2.75, 3.05) is 25.2 Å². The standard InChI is InChI=1S/C18H20N2O6/c21-15(19-12-1-2-13-14(9-12)26-10-25-13)11-3-7-20(8-4-11)16(22)18(5-6-18)17(23)24/h1-2,9,11H,3-8,10H2,(H,19,21)(H,23,24). The van der Waals surface area contributed by atoms with Gasteiger partial charge in [-0.1, -0.05) is 0 Å². The van der Waals surface area contributed by atoms with E-state index in [2.05, 4.69) is 5.32 Å². The summed E-state index contributed by atoms with van der Waals surface area (Å²) in [5.74, 6) is -0.390. The molecule has 2 N–H and O–H groups in total. The number of nitrogens with zero attached hydrogens (tertiary/aromatic N) is 1. The van der Waals surface area contributed by atoms with Crippen LogP contribution in [-0.4, -0.2) is 47.7 Å². The van der Waals surface area contributed by atoms with Crippen LogP contribution in [-0.2, 0) is 14.4 Å². The Morgan fingerprint density at radius 2 is 1.81 bits per heavy atom. The third-order valence-corrected chi connectivity index (χ3v) is 5.36. The van der Waals surface area contributed by atoms with Gasteiger partial charge in [-0.2, -0.15) is 0 Å². The third-order valence-electron chi connectivity index (χ3n) is 5.36. The van der Waals surface area contributed by atoms with Crippen LogP contribution in [0, 0.1) is 11.3 Å². The van der Waals surface area contributed by atoms with Crippen molar-refractivity contribution in [1.82, 2.24) is 4.90 Å². The van der Waals surface area contributed by atoms with Gasteiger partial charge in [-0.15, -0.1) is 0 Å². The predicted octanol–water partition coefficient (Wildman–Crippen LogP) is 1.46. The van der Waals surface area contributed by atoms with Gasteiger partial charge in [-0.25, -0.2) is 0 Å². The number of hydrogen-bond donors (Lipinski definition) is 2. The molecule has 0 atom stereocenters. The minimum Gasteiger partial charge on any atom is -0.480 e.